The molecule has 0 aliphatic carbocycles. The number of esters is 1. The number of rotatable bonds is 5. The summed E-state index contributed by atoms with van der Waals surface area (Å²) >= 11 is 0. The Kier molecular flexibility index (Phi) is 5.52. The van der Waals surface area contributed by atoms with Crippen molar-refractivity contribution in [3.63, 3.8) is 0 Å². The second-order valence-corrected chi connectivity index (χ2v) is 7.58. The molecular formula is C18H21O2P. The third kappa shape index (κ3) is 3.71. The first-order valence-corrected chi connectivity index (χ1v) is 8.53. The van der Waals surface area contributed by atoms with Crippen molar-refractivity contribution in [2.24, 2.45) is 5.92 Å². The molecule has 0 spiro atoms. The molecule has 110 valence electrons. The van der Waals surface area contributed by atoms with Crippen LogP contribution in [0.4, 0.5) is 0 Å². The fraction of sp³-hybridized carbons (Fsp3) is 0.278. The van der Waals surface area contributed by atoms with Crippen LogP contribution < -0.4 is 10.6 Å². The van der Waals surface area contributed by atoms with Crippen LogP contribution in [0.2, 0.25) is 0 Å². The fourth-order valence-corrected chi connectivity index (χ4v) is 5.28. The maximum absolute atomic E-state index is 12.3. The van der Waals surface area contributed by atoms with Gasteiger partial charge in [0.25, 0.3) is 0 Å². The van der Waals surface area contributed by atoms with Gasteiger partial charge in [0.05, 0.1) is 12.8 Å². The van der Waals surface area contributed by atoms with Crippen LogP contribution >= 0.6 is 7.92 Å². The van der Waals surface area contributed by atoms with Gasteiger partial charge in [-0.25, -0.2) is 0 Å². The van der Waals surface area contributed by atoms with Crippen molar-refractivity contribution in [1.82, 2.24) is 0 Å². The van der Waals surface area contributed by atoms with Crippen molar-refractivity contribution in [3.8, 4) is 0 Å². The standard InChI is InChI=1S/C18H21O2P/c1-14(2)17(18(19)20-3)21(15-10-6-4-7-11-15)16-12-8-5-9-13-16/h4-14,17H,1-3H3. The summed E-state index contributed by atoms with van der Waals surface area (Å²) in [6, 6.07) is 20.6. The molecule has 0 radical (unpaired) electrons. The van der Waals surface area contributed by atoms with Gasteiger partial charge in [-0.3, -0.25) is 4.79 Å². The average Bonchev–Trinajstić information content (AvgIpc) is 2.53. The summed E-state index contributed by atoms with van der Waals surface area (Å²) < 4.78 is 5.07. The minimum atomic E-state index is -0.774. The van der Waals surface area contributed by atoms with Gasteiger partial charge in [-0.15, -0.1) is 0 Å². The molecule has 2 nitrogen and oxygen atoms in total. The molecule has 0 fully saturated rings. The van der Waals surface area contributed by atoms with Gasteiger partial charge in [0, 0.05) is 0 Å². The molecule has 0 bridgehead atoms. The first kappa shape index (κ1) is 15.7. The summed E-state index contributed by atoms with van der Waals surface area (Å²) in [7, 11) is 0.700. The van der Waals surface area contributed by atoms with Gasteiger partial charge in [0.15, 0.2) is 0 Å². The van der Waals surface area contributed by atoms with Gasteiger partial charge in [0.2, 0.25) is 0 Å². The minimum Gasteiger partial charge on any atom is -0.469 e. The van der Waals surface area contributed by atoms with E-state index in [1.807, 2.05) is 36.4 Å². The SMILES string of the molecule is COC(=O)C(C(C)C)P(c1ccccc1)c1ccccc1. The van der Waals surface area contributed by atoms with E-state index in [4.69, 9.17) is 4.74 Å². The monoisotopic (exact) mass is 300 g/mol. The lowest BCUT2D eigenvalue weighted by Gasteiger charge is -2.29. The van der Waals surface area contributed by atoms with Crippen LogP contribution in [0, 0.1) is 5.92 Å². The van der Waals surface area contributed by atoms with Gasteiger partial charge in [-0.2, -0.15) is 0 Å². The lowest BCUT2D eigenvalue weighted by molar-refractivity contribution is -0.140. The van der Waals surface area contributed by atoms with Gasteiger partial charge in [-0.1, -0.05) is 74.5 Å². The summed E-state index contributed by atoms with van der Waals surface area (Å²) in [5.74, 6) is 0.104. The predicted molar refractivity (Wildman–Crippen MR) is 89.7 cm³/mol. The zero-order chi connectivity index (χ0) is 15.2. The molecule has 0 aromatic heterocycles. The van der Waals surface area contributed by atoms with E-state index in [-0.39, 0.29) is 17.5 Å². The normalized spacial score (nSPS) is 12.4. The minimum absolute atomic E-state index is 0.121. The van der Waals surface area contributed by atoms with Crippen LogP contribution in [0.15, 0.2) is 60.7 Å². The fourth-order valence-electron chi connectivity index (χ4n) is 2.44. The molecule has 21 heavy (non-hydrogen) atoms. The maximum atomic E-state index is 12.3. The predicted octanol–water partition coefficient (Wildman–Crippen LogP) is 3.32. The van der Waals surface area contributed by atoms with Gasteiger partial charge < -0.3 is 4.74 Å². The van der Waals surface area contributed by atoms with Crippen LogP contribution in [0.3, 0.4) is 0 Å². The Balaban J connectivity index is 2.52. The molecule has 0 saturated heterocycles. The molecule has 1 atom stereocenters. The van der Waals surface area contributed by atoms with E-state index in [2.05, 4.69) is 38.1 Å². The number of carbonyl (C=O) groups excluding carboxylic acids is 1. The van der Waals surface area contributed by atoms with Crippen molar-refractivity contribution in [1.29, 1.82) is 0 Å². The van der Waals surface area contributed by atoms with Crippen LogP contribution in [-0.4, -0.2) is 18.7 Å². The molecule has 0 amide bonds. The van der Waals surface area contributed by atoms with E-state index in [1.54, 1.807) is 0 Å². The summed E-state index contributed by atoms with van der Waals surface area (Å²) in [6.07, 6.45) is 0. The first-order valence-electron chi connectivity index (χ1n) is 7.12. The van der Waals surface area contributed by atoms with Gasteiger partial charge >= 0.3 is 5.97 Å². The molecule has 0 heterocycles. The Labute approximate surface area is 127 Å². The Morgan fingerprint density at radius 2 is 1.33 bits per heavy atom. The third-order valence-corrected chi connectivity index (χ3v) is 6.49. The maximum Gasteiger partial charge on any atom is 0.313 e. The molecule has 2 rings (SSSR count). The highest BCUT2D eigenvalue weighted by molar-refractivity contribution is 7.74. The van der Waals surface area contributed by atoms with Crippen molar-refractivity contribution < 1.29 is 9.53 Å². The third-order valence-electron chi connectivity index (χ3n) is 3.42. The summed E-state index contributed by atoms with van der Waals surface area (Å²) in [5.41, 5.74) is -0.130. The van der Waals surface area contributed by atoms with E-state index in [0.29, 0.717) is 0 Å². The largest absolute Gasteiger partial charge is 0.469 e. The van der Waals surface area contributed by atoms with Crippen molar-refractivity contribution >= 4 is 24.5 Å². The molecule has 0 aliphatic heterocycles. The van der Waals surface area contributed by atoms with Crippen LogP contribution in [0.5, 0.6) is 0 Å². The number of methoxy groups -OCH3 is 1. The summed E-state index contributed by atoms with van der Waals surface area (Å²) in [4.78, 5) is 12.3. The number of hydrogen-bond acceptors (Lipinski definition) is 2. The molecule has 0 saturated carbocycles. The van der Waals surface area contributed by atoms with Crippen molar-refractivity contribution in [3.05, 3.63) is 60.7 Å². The van der Waals surface area contributed by atoms with Crippen LogP contribution in [-0.2, 0) is 9.53 Å². The van der Waals surface area contributed by atoms with E-state index < -0.39 is 7.92 Å². The Bertz CT molecular complexity index is 527. The second kappa shape index (κ2) is 7.38. The van der Waals surface area contributed by atoms with Crippen LogP contribution in [0.1, 0.15) is 13.8 Å². The van der Waals surface area contributed by atoms with Crippen molar-refractivity contribution in [2.75, 3.05) is 7.11 Å². The Hall–Kier alpha value is -1.66. The zero-order valence-electron chi connectivity index (χ0n) is 12.7. The molecule has 2 aromatic rings. The van der Waals surface area contributed by atoms with E-state index in [0.717, 1.165) is 0 Å². The molecular weight excluding hydrogens is 279 g/mol. The highest BCUT2D eigenvalue weighted by Gasteiger charge is 2.33. The molecule has 1 unspecified atom stereocenters. The van der Waals surface area contributed by atoms with Crippen molar-refractivity contribution in [2.45, 2.75) is 19.5 Å². The lowest BCUT2D eigenvalue weighted by atomic mass is 10.1. The summed E-state index contributed by atoms with van der Waals surface area (Å²) in [5, 5.41) is 2.42. The van der Waals surface area contributed by atoms with Gasteiger partial charge in [0.1, 0.15) is 0 Å². The first-order chi connectivity index (χ1) is 10.1. The highest BCUT2D eigenvalue weighted by Crippen LogP contribution is 2.43. The van der Waals surface area contributed by atoms with E-state index in [9.17, 15) is 4.79 Å². The van der Waals surface area contributed by atoms with E-state index >= 15 is 0 Å². The Morgan fingerprint density at radius 1 is 0.905 bits per heavy atom. The number of carbonyl (C=O) groups is 1. The summed E-state index contributed by atoms with van der Waals surface area (Å²) in [6.45, 7) is 4.17. The topological polar surface area (TPSA) is 26.3 Å². The van der Waals surface area contributed by atoms with Crippen LogP contribution in [0.25, 0.3) is 0 Å². The molecule has 0 aliphatic rings. The Morgan fingerprint density at radius 3 is 1.67 bits per heavy atom. The quantitative estimate of drug-likeness (QED) is 0.625. The molecule has 2 aromatic carbocycles. The average molecular weight is 300 g/mol. The lowest BCUT2D eigenvalue weighted by Crippen LogP contribution is -2.33. The smallest absolute Gasteiger partial charge is 0.313 e. The number of ether oxygens (including phenoxy) is 1. The molecule has 0 N–H and O–H groups in total. The molecule has 3 heteroatoms. The second-order valence-electron chi connectivity index (χ2n) is 5.25. The number of benzene rings is 2. The van der Waals surface area contributed by atoms with E-state index in [1.165, 1.54) is 17.7 Å². The highest BCUT2D eigenvalue weighted by atomic mass is 31.1. The zero-order valence-corrected chi connectivity index (χ0v) is 13.6. The number of hydrogen-bond donors (Lipinski definition) is 0. The van der Waals surface area contributed by atoms with Gasteiger partial charge in [-0.05, 0) is 24.4 Å².